The van der Waals surface area contributed by atoms with Gasteiger partial charge < -0.3 is 18.7 Å². The maximum Gasteiger partial charge on any atom is 0.255 e. The largest absolute Gasteiger partial charge is 0.497 e. The third-order valence-electron chi connectivity index (χ3n) is 3.29. The van der Waals surface area contributed by atoms with Gasteiger partial charge in [-0.15, -0.1) is 11.8 Å². The number of aromatic nitrogens is 1. The quantitative estimate of drug-likeness (QED) is 0.496. The van der Waals surface area contributed by atoms with Gasteiger partial charge in [0.15, 0.2) is 5.76 Å². The van der Waals surface area contributed by atoms with Crippen LogP contribution in [-0.4, -0.2) is 36.8 Å². The minimum atomic E-state index is 0.326. The predicted octanol–water partition coefficient (Wildman–Crippen LogP) is 5.80. The van der Waals surface area contributed by atoms with Crippen molar-refractivity contribution in [3.05, 3.63) is 41.7 Å². The Morgan fingerprint density at radius 2 is 1.71 bits per heavy atom. The number of thioether (sulfide) groups is 1. The average Bonchev–Trinajstić information content (AvgIpc) is 3.50. The number of rotatable bonds is 5. The molecule has 0 saturated carbocycles. The lowest BCUT2D eigenvalue weighted by Gasteiger charge is -2.03. The molecular formula is C21H34N2O4S. The van der Waals surface area contributed by atoms with E-state index in [2.05, 4.69) is 5.16 Å². The summed E-state index contributed by atoms with van der Waals surface area (Å²) in [6, 6.07) is 9.20. The molecule has 0 radical (unpaired) electrons. The highest BCUT2D eigenvalue weighted by atomic mass is 32.2. The van der Waals surface area contributed by atoms with E-state index in [1.54, 1.807) is 13.2 Å². The first kappa shape index (κ1) is 26.0. The fourth-order valence-corrected chi connectivity index (χ4v) is 2.22. The summed E-state index contributed by atoms with van der Waals surface area (Å²) in [5.41, 5.74) is 1.00. The van der Waals surface area contributed by atoms with Gasteiger partial charge >= 0.3 is 0 Å². The van der Waals surface area contributed by atoms with Crippen LogP contribution in [0, 0.1) is 5.41 Å². The molecule has 3 rings (SSSR count). The molecule has 28 heavy (non-hydrogen) atoms. The lowest BCUT2D eigenvalue weighted by molar-refractivity contribution is 0.198. The molecule has 0 atom stereocenters. The van der Waals surface area contributed by atoms with Crippen molar-refractivity contribution < 1.29 is 18.7 Å². The average molecular weight is 411 g/mol. The molecular weight excluding hydrogens is 376 g/mol. The van der Waals surface area contributed by atoms with Gasteiger partial charge in [0.05, 0.1) is 13.2 Å². The molecule has 0 aliphatic carbocycles. The molecule has 0 bridgehead atoms. The van der Waals surface area contributed by atoms with Gasteiger partial charge in [-0.05, 0) is 42.0 Å². The van der Waals surface area contributed by atoms with E-state index in [0.29, 0.717) is 23.3 Å². The maximum atomic E-state index is 7.59. The van der Waals surface area contributed by atoms with Gasteiger partial charge in [-0.25, -0.2) is 0 Å². The van der Waals surface area contributed by atoms with E-state index in [1.165, 1.54) is 24.6 Å². The summed E-state index contributed by atoms with van der Waals surface area (Å²) in [6.07, 6.45) is 4.36. The summed E-state index contributed by atoms with van der Waals surface area (Å²) in [4.78, 5) is 0. The van der Waals surface area contributed by atoms with E-state index in [4.69, 9.17) is 24.1 Å². The number of nitrogens with zero attached hydrogens (tertiary/aromatic N) is 1. The Balaban J connectivity index is 0.000000679. The fourth-order valence-electron chi connectivity index (χ4n) is 1.92. The molecule has 1 N–H and O–H groups in total. The van der Waals surface area contributed by atoms with Crippen LogP contribution in [0.3, 0.4) is 0 Å². The molecule has 2 heterocycles. The molecule has 1 aromatic carbocycles. The van der Waals surface area contributed by atoms with Crippen LogP contribution in [0.5, 0.6) is 11.6 Å². The van der Waals surface area contributed by atoms with E-state index in [9.17, 15) is 0 Å². The van der Waals surface area contributed by atoms with Crippen molar-refractivity contribution in [2.75, 3.05) is 26.6 Å². The molecule has 1 fully saturated rings. The van der Waals surface area contributed by atoms with Crippen LogP contribution in [0.4, 0.5) is 0 Å². The van der Waals surface area contributed by atoms with Crippen LogP contribution < -0.4 is 9.47 Å². The maximum absolute atomic E-state index is 7.59. The molecule has 1 saturated heterocycles. The summed E-state index contributed by atoms with van der Waals surface area (Å²) in [7, 11) is 1.63. The van der Waals surface area contributed by atoms with E-state index in [1.807, 2.05) is 58.2 Å². The second kappa shape index (κ2) is 17.1. The highest BCUT2D eigenvalue weighted by Crippen LogP contribution is 2.18. The summed E-state index contributed by atoms with van der Waals surface area (Å²) in [5.74, 6) is 1.60. The molecule has 1 aliphatic rings. The highest BCUT2D eigenvalue weighted by Gasteiger charge is 2.09. The number of methoxy groups -OCH3 is 1. The second-order valence-electron chi connectivity index (χ2n) is 5.02. The molecule has 6 nitrogen and oxygen atoms in total. The van der Waals surface area contributed by atoms with Crippen LogP contribution in [0.1, 0.15) is 51.9 Å². The van der Waals surface area contributed by atoms with E-state index >= 15 is 0 Å². The van der Waals surface area contributed by atoms with E-state index in [-0.39, 0.29) is 0 Å². The third-order valence-corrected chi connectivity index (χ3v) is 3.90. The fraction of sp³-hybridized carbons (Fsp3) is 0.524. The first-order valence-corrected chi connectivity index (χ1v) is 10.9. The molecule has 2 aromatic rings. The van der Waals surface area contributed by atoms with Crippen molar-refractivity contribution in [2.45, 2.75) is 47.1 Å². The van der Waals surface area contributed by atoms with Crippen LogP contribution in [-0.2, 0) is 11.3 Å². The smallest absolute Gasteiger partial charge is 0.255 e. The zero-order chi connectivity index (χ0) is 21.2. The van der Waals surface area contributed by atoms with E-state index in [0.717, 1.165) is 24.5 Å². The number of nitrogens with one attached hydrogen (secondary N) is 1. The molecule has 7 heteroatoms. The number of ether oxygens (including phenoxy) is 3. The Hall–Kier alpha value is -1.99. The molecule has 0 amide bonds. The molecule has 0 spiro atoms. The van der Waals surface area contributed by atoms with Crippen molar-refractivity contribution in [1.82, 2.24) is 5.16 Å². The summed E-state index contributed by atoms with van der Waals surface area (Å²) >= 11 is 1.29. The van der Waals surface area contributed by atoms with Crippen LogP contribution in [0.25, 0.3) is 0 Å². The Labute approximate surface area is 173 Å². The Morgan fingerprint density at radius 1 is 1.11 bits per heavy atom. The molecule has 1 aromatic heterocycles. The summed E-state index contributed by atoms with van der Waals surface area (Å²) in [6.45, 7) is 10.4. The summed E-state index contributed by atoms with van der Waals surface area (Å²) < 4.78 is 20.5. The monoisotopic (exact) mass is 410 g/mol. The lowest BCUT2D eigenvalue weighted by Crippen LogP contribution is -1.95. The topological polar surface area (TPSA) is 77.6 Å². The number of hydrogen-bond acceptors (Lipinski definition) is 7. The predicted molar refractivity (Wildman–Crippen MR) is 117 cm³/mol. The van der Waals surface area contributed by atoms with E-state index < -0.39 is 0 Å². The number of hydrogen-bond donors (Lipinski definition) is 1. The molecule has 0 unspecified atom stereocenters. The zero-order valence-corrected chi connectivity index (χ0v) is 18.7. The van der Waals surface area contributed by atoms with Crippen molar-refractivity contribution in [3.63, 3.8) is 0 Å². The lowest BCUT2D eigenvalue weighted by atomic mass is 10.2. The normalized spacial score (nSPS) is 11.6. The van der Waals surface area contributed by atoms with Crippen LogP contribution in [0.2, 0.25) is 0 Å². The van der Waals surface area contributed by atoms with Gasteiger partial charge in [-0.1, -0.05) is 39.8 Å². The van der Waals surface area contributed by atoms with Crippen LogP contribution >= 0.6 is 11.8 Å². The van der Waals surface area contributed by atoms with Crippen molar-refractivity contribution in [1.29, 1.82) is 5.41 Å². The number of benzene rings is 1. The van der Waals surface area contributed by atoms with Gasteiger partial charge in [0.25, 0.3) is 5.88 Å². The Bertz CT molecular complexity index is 618. The highest BCUT2D eigenvalue weighted by molar-refractivity contribution is 8.13. The van der Waals surface area contributed by atoms with Crippen molar-refractivity contribution in [2.24, 2.45) is 0 Å². The van der Waals surface area contributed by atoms with Crippen molar-refractivity contribution in [3.8, 4) is 11.6 Å². The zero-order valence-electron chi connectivity index (χ0n) is 17.9. The Kier molecular flexibility index (Phi) is 15.9. The van der Waals surface area contributed by atoms with Gasteiger partial charge in [-0.2, -0.15) is 0 Å². The standard InChI is InChI=1S/C13H14N2O3S.C4H8O.2C2H6/c1-16-10-5-3-9(4-6-10)8-17-12-7-11(18-15-12)13(14)19-2;1-2-4-5-3-1;2*1-2/h3-7,14H,8H2,1-2H3;1-4H2;2*1-2H3. The van der Waals surface area contributed by atoms with Gasteiger partial charge in [0.1, 0.15) is 17.4 Å². The van der Waals surface area contributed by atoms with Crippen molar-refractivity contribution >= 4 is 16.8 Å². The second-order valence-corrected chi connectivity index (χ2v) is 5.84. The van der Waals surface area contributed by atoms with Gasteiger partial charge in [-0.3, -0.25) is 5.41 Å². The Morgan fingerprint density at radius 3 is 2.18 bits per heavy atom. The van der Waals surface area contributed by atoms with Gasteiger partial charge in [0, 0.05) is 13.2 Å². The first-order valence-electron chi connectivity index (χ1n) is 9.66. The SMILES string of the molecule is C1CCOC1.CC.CC.COc1ccc(COc2cc(C(=N)SC)on2)cc1. The summed E-state index contributed by atoms with van der Waals surface area (Å²) in [5, 5.41) is 11.7. The molecule has 158 valence electrons. The minimum absolute atomic E-state index is 0.326. The minimum Gasteiger partial charge on any atom is -0.497 e. The third kappa shape index (κ3) is 10.4. The van der Waals surface area contributed by atoms with Crippen LogP contribution in [0.15, 0.2) is 34.9 Å². The van der Waals surface area contributed by atoms with Gasteiger partial charge in [0.2, 0.25) is 0 Å². The molecule has 1 aliphatic heterocycles. The first-order chi connectivity index (χ1) is 13.7.